The van der Waals surface area contributed by atoms with Gasteiger partial charge in [0.25, 0.3) is 0 Å². The monoisotopic (exact) mass is 161 g/mol. The summed E-state index contributed by atoms with van der Waals surface area (Å²) >= 11 is 1.82. The molecular weight excluding hydrogens is 146 g/mol. The largest absolute Gasteiger partial charge is 0.387 e. The maximum Gasteiger partial charge on any atom is 0.0887 e. The number of hydrogen-bond acceptors (Lipinski definition) is 3. The highest BCUT2D eigenvalue weighted by Gasteiger charge is 2.43. The molecule has 1 aliphatic carbocycles. The summed E-state index contributed by atoms with van der Waals surface area (Å²) in [5, 5.41) is 10.1. The SMILES string of the molecule is CCS[C@H]1CC[C@@]1(O)CN. The third kappa shape index (κ3) is 1.31. The Hall–Kier alpha value is 0.270. The van der Waals surface area contributed by atoms with Gasteiger partial charge in [0.2, 0.25) is 0 Å². The summed E-state index contributed by atoms with van der Waals surface area (Å²) in [6.07, 6.45) is 2.02. The van der Waals surface area contributed by atoms with Crippen LogP contribution in [0.4, 0.5) is 0 Å². The molecule has 0 bridgehead atoms. The highest BCUT2D eigenvalue weighted by Crippen LogP contribution is 2.40. The van der Waals surface area contributed by atoms with E-state index in [9.17, 15) is 5.11 Å². The molecule has 0 amide bonds. The molecule has 2 nitrogen and oxygen atoms in total. The lowest BCUT2D eigenvalue weighted by Crippen LogP contribution is -2.55. The molecule has 1 aliphatic rings. The number of nitrogens with two attached hydrogens (primary N) is 1. The summed E-state index contributed by atoms with van der Waals surface area (Å²) in [6.45, 7) is 2.53. The Morgan fingerprint density at radius 1 is 1.80 bits per heavy atom. The predicted molar refractivity (Wildman–Crippen MR) is 45.2 cm³/mol. The maximum absolute atomic E-state index is 9.66. The molecule has 0 aromatic rings. The Labute approximate surface area is 66.2 Å². The summed E-state index contributed by atoms with van der Waals surface area (Å²) in [7, 11) is 0. The standard InChI is InChI=1S/C7H15NOS/c1-2-10-6-3-4-7(6,9)5-8/h6,9H,2-5,8H2,1H3/t6-,7+/m0/s1. The molecule has 0 heterocycles. The van der Waals surface area contributed by atoms with Crippen LogP contribution in [-0.2, 0) is 0 Å². The van der Waals surface area contributed by atoms with Crippen molar-refractivity contribution >= 4 is 11.8 Å². The molecule has 60 valence electrons. The zero-order valence-electron chi connectivity index (χ0n) is 6.34. The van der Waals surface area contributed by atoms with Gasteiger partial charge in [-0.1, -0.05) is 6.92 Å². The summed E-state index contributed by atoms with van der Waals surface area (Å²) in [6, 6.07) is 0. The van der Waals surface area contributed by atoms with E-state index in [1.807, 2.05) is 11.8 Å². The first-order valence-corrected chi connectivity index (χ1v) is 4.82. The third-order valence-electron chi connectivity index (χ3n) is 2.16. The Kier molecular flexibility index (Phi) is 2.61. The minimum atomic E-state index is -0.527. The Bertz CT molecular complexity index is 116. The second-order valence-corrected chi connectivity index (χ2v) is 4.27. The second-order valence-electron chi connectivity index (χ2n) is 2.79. The fourth-order valence-corrected chi connectivity index (χ4v) is 2.48. The number of rotatable bonds is 3. The molecule has 3 heteroatoms. The first-order valence-electron chi connectivity index (χ1n) is 3.77. The molecule has 0 aliphatic heterocycles. The Morgan fingerprint density at radius 3 is 2.80 bits per heavy atom. The lowest BCUT2D eigenvalue weighted by atomic mass is 9.80. The molecule has 2 atom stereocenters. The predicted octanol–water partition coefficient (Wildman–Crippen LogP) is 0.592. The van der Waals surface area contributed by atoms with Gasteiger partial charge in [0.1, 0.15) is 0 Å². The lowest BCUT2D eigenvalue weighted by molar-refractivity contribution is -0.0158. The molecule has 0 unspecified atom stereocenters. The van der Waals surface area contributed by atoms with Crippen LogP contribution in [0.25, 0.3) is 0 Å². The molecule has 0 spiro atoms. The van der Waals surface area contributed by atoms with Gasteiger partial charge in [0, 0.05) is 11.8 Å². The average molecular weight is 161 g/mol. The summed E-state index contributed by atoms with van der Waals surface area (Å²) < 4.78 is 0. The van der Waals surface area contributed by atoms with E-state index in [4.69, 9.17) is 5.73 Å². The fraction of sp³-hybridized carbons (Fsp3) is 1.00. The lowest BCUT2D eigenvalue weighted by Gasteiger charge is -2.44. The first kappa shape index (κ1) is 8.37. The van der Waals surface area contributed by atoms with Gasteiger partial charge < -0.3 is 10.8 Å². The molecule has 1 saturated carbocycles. The zero-order valence-corrected chi connectivity index (χ0v) is 7.16. The van der Waals surface area contributed by atoms with Gasteiger partial charge in [0.05, 0.1) is 5.60 Å². The van der Waals surface area contributed by atoms with E-state index < -0.39 is 5.60 Å². The van der Waals surface area contributed by atoms with Gasteiger partial charge in [-0.25, -0.2) is 0 Å². The van der Waals surface area contributed by atoms with Crippen molar-refractivity contribution in [3.8, 4) is 0 Å². The van der Waals surface area contributed by atoms with E-state index in [1.165, 1.54) is 0 Å². The van der Waals surface area contributed by atoms with Gasteiger partial charge in [0.15, 0.2) is 0 Å². The van der Waals surface area contributed by atoms with Crippen molar-refractivity contribution < 1.29 is 5.11 Å². The van der Waals surface area contributed by atoms with E-state index in [0.29, 0.717) is 11.8 Å². The molecule has 1 fully saturated rings. The van der Waals surface area contributed by atoms with E-state index in [2.05, 4.69) is 6.92 Å². The van der Waals surface area contributed by atoms with Crippen LogP contribution in [0.3, 0.4) is 0 Å². The molecule has 0 aromatic carbocycles. The summed E-state index contributed by atoms with van der Waals surface area (Å²) in [4.78, 5) is 0. The van der Waals surface area contributed by atoms with Crippen LogP contribution in [0.1, 0.15) is 19.8 Å². The van der Waals surface area contributed by atoms with Crippen molar-refractivity contribution in [1.29, 1.82) is 0 Å². The number of thioether (sulfide) groups is 1. The van der Waals surface area contributed by atoms with Crippen LogP contribution in [-0.4, -0.2) is 28.3 Å². The second kappa shape index (κ2) is 3.11. The van der Waals surface area contributed by atoms with Gasteiger partial charge in [-0.3, -0.25) is 0 Å². The molecule has 0 radical (unpaired) electrons. The molecule has 10 heavy (non-hydrogen) atoms. The average Bonchev–Trinajstić information content (AvgIpc) is 1.96. The van der Waals surface area contributed by atoms with Crippen LogP contribution >= 0.6 is 11.8 Å². The van der Waals surface area contributed by atoms with Crippen molar-refractivity contribution in [3.05, 3.63) is 0 Å². The Balaban J connectivity index is 2.34. The van der Waals surface area contributed by atoms with Crippen LogP contribution in [0.15, 0.2) is 0 Å². The van der Waals surface area contributed by atoms with Crippen LogP contribution in [0.5, 0.6) is 0 Å². The maximum atomic E-state index is 9.66. The highest BCUT2D eigenvalue weighted by molar-refractivity contribution is 8.00. The van der Waals surface area contributed by atoms with Gasteiger partial charge in [-0.2, -0.15) is 11.8 Å². The van der Waals surface area contributed by atoms with Crippen LogP contribution < -0.4 is 5.73 Å². The molecule has 0 saturated heterocycles. The molecular formula is C7H15NOS. The number of aliphatic hydroxyl groups is 1. The van der Waals surface area contributed by atoms with Crippen molar-refractivity contribution in [1.82, 2.24) is 0 Å². The van der Waals surface area contributed by atoms with Gasteiger partial charge in [-0.05, 0) is 18.6 Å². The topological polar surface area (TPSA) is 46.2 Å². The molecule has 3 N–H and O–H groups in total. The zero-order chi connectivity index (χ0) is 7.61. The normalized spacial score (nSPS) is 39.3. The van der Waals surface area contributed by atoms with Crippen LogP contribution in [0, 0.1) is 0 Å². The van der Waals surface area contributed by atoms with E-state index in [1.54, 1.807) is 0 Å². The van der Waals surface area contributed by atoms with Crippen LogP contribution in [0.2, 0.25) is 0 Å². The first-order chi connectivity index (χ1) is 4.73. The minimum absolute atomic E-state index is 0.405. The number of hydrogen-bond donors (Lipinski definition) is 2. The van der Waals surface area contributed by atoms with E-state index >= 15 is 0 Å². The third-order valence-corrected chi connectivity index (χ3v) is 3.57. The Morgan fingerprint density at radius 2 is 2.50 bits per heavy atom. The van der Waals surface area contributed by atoms with Crippen molar-refractivity contribution in [2.45, 2.75) is 30.6 Å². The summed E-state index contributed by atoms with van der Waals surface area (Å²) in [5.74, 6) is 1.08. The van der Waals surface area contributed by atoms with Crippen molar-refractivity contribution in [2.75, 3.05) is 12.3 Å². The van der Waals surface area contributed by atoms with Crippen molar-refractivity contribution in [2.24, 2.45) is 5.73 Å². The minimum Gasteiger partial charge on any atom is -0.387 e. The van der Waals surface area contributed by atoms with Gasteiger partial charge in [-0.15, -0.1) is 0 Å². The molecule has 1 rings (SSSR count). The molecule has 0 aromatic heterocycles. The summed E-state index contributed by atoms with van der Waals surface area (Å²) in [5.41, 5.74) is 4.90. The highest BCUT2D eigenvalue weighted by atomic mass is 32.2. The quantitative estimate of drug-likeness (QED) is 0.637. The smallest absolute Gasteiger partial charge is 0.0887 e. The van der Waals surface area contributed by atoms with E-state index in [-0.39, 0.29) is 0 Å². The van der Waals surface area contributed by atoms with Crippen molar-refractivity contribution in [3.63, 3.8) is 0 Å². The fourth-order valence-electron chi connectivity index (χ4n) is 1.27. The van der Waals surface area contributed by atoms with Gasteiger partial charge >= 0.3 is 0 Å². The van der Waals surface area contributed by atoms with E-state index in [0.717, 1.165) is 18.6 Å².